The Kier molecular flexibility index (Phi) is 37.1. The van der Waals surface area contributed by atoms with Gasteiger partial charge in [0.1, 0.15) is 6.61 Å². The molecule has 0 aliphatic rings. The molecule has 10 heteroatoms. The zero-order chi connectivity index (χ0) is 37.5. The van der Waals surface area contributed by atoms with Crippen LogP contribution in [-0.4, -0.2) is 49.3 Å². The Bertz CT molecular complexity index is 897. The van der Waals surface area contributed by atoms with Crippen molar-refractivity contribution < 1.29 is 37.6 Å². The lowest BCUT2D eigenvalue weighted by Gasteiger charge is -2.19. The summed E-state index contributed by atoms with van der Waals surface area (Å²) in [5, 5.41) is 0. The number of ether oxygens (including phenoxy) is 2. The smallest absolute Gasteiger partial charge is 0.462 e. The minimum atomic E-state index is -4.38. The highest BCUT2D eigenvalue weighted by molar-refractivity contribution is 7.47. The maximum Gasteiger partial charge on any atom is 0.472 e. The van der Waals surface area contributed by atoms with Gasteiger partial charge in [-0.1, -0.05) is 160 Å². The molecule has 0 aromatic heterocycles. The molecule has 0 aliphatic heterocycles. The van der Waals surface area contributed by atoms with Gasteiger partial charge in [-0.25, -0.2) is 4.57 Å². The lowest BCUT2D eigenvalue weighted by atomic mass is 10.0. The normalized spacial score (nSPS) is 13.6. The second kappa shape index (κ2) is 38.2. The van der Waals surface area contributed by atoms with Crippen LogP contribution < -0.4 is 5.73 Å². The van der Waals surface area contributed by atoms with Gasteiger partial charge in [-0.3, -0.25) is 18.6 Å². The van der Waals surface area contributed by atoms with Gasteiger partial charge in [-0.15, -0.1) is 0 Å². The van der Waals surface area contributed by atoms with Gasteiger partial charge in [0.15, 0.2) is 6.10 Å². The summed E-state index contributed by atoms with van der Waals surface area (Å²) in [6.07, 6.45) is 39.2. The van der Waals surface area contributed by atoms with Crippen molar-refractivity contribution in [2.45, 2.75) is 200 Å². The Morgan fingerprint density at radius 1 is 0.588 bits per heavy atom. The van der Waals surface area contributed by atoms with E-state index in [4.69, 9.17) is 24.3 Å². The van der Waals surface area contributed by atoms with E-state index in [0.717, 1.165) is 44.9 Å². The number of unbranched alkanes of at least 4 members (excludes halogenated alkanes) is 22. The molecule has 0 radical (unpaired) electrons. The molecule has 0 rings (SSSR count). The summed E-state index contributed by atoms with van der Waals surface area (Å²) in [6.45, 7) is 3.70. The van der Waals surface area contributed by atoms with Gasteiger partial charge in [0.25, 0.3) is 0 Å². The molecule has 0 saturated carbocycles. The number of carbonyl (C=O) groups excluding carboxylic acids is 2. The fraction of sp³-hybridized carbons (Fsp3) is 0.854. The third kappa shape index (κ3) is 38.0. The number of rotatable bonds is 39. The summed E-state index contributed by atoms with van der Waals surface area (Å²) < 4.78 is 32.7. The largest absolute Gasteiger partial charge is 0.472 e. The molecule has 1 unspecified atom stereocenters. The van der Waals surface area contributed by atoms with Crippen molar-refractivity contribution >= 4 is 19.8 Å². The van der Waals surface area contributed by atoms with Gasteiger partial charge >= 0.3 is 19.8 Å². The highest BCUT2D eigenvalue weighted by Crippen LogP contribution is 2.43. The van der Waals surface area contributed by atoms with Crippen molar-refractivity contribution in [3.63, 3.8) is 0 Å². The first-order chi connectivity index (χ1) is 24.8. The fourth-order valence-corrected chi connectivity index (χ4v) is 6.49. The number of hydrogen-bond donors (Lipinski definition) is 2. The summed E-state index contributed by atoms with van der Waals surface area (Å²) >= 11 is 0. The predicted molar refractivity (Wildman–Crippen MR) is 211 cm³/mol. The first-order valence-corrected chi connectivity index (χ1v) is 22.3. The third-order valence-electron chi connectivity index (χ3n) is 8.84. The molecular weight excluding hydrogens is 665 g/mol. The zero-order valence-electron chi connectivity index (χ0n) is 32.8. The van der Waals surface area contributed by atoms with E-state index in [1.54, 1.807) is 0 Å². The number of hydrogen-bond acceptors (Lipinski definition) is 8. The van der Waals surface area contributed by atoms with Gasteiger partial charge in [-0.05, 0) is 44.9 Å². The van der Waals surface area contributed by atoms with Gasteiger partial charge in [0.05, 0.1) is 13.2 Å². The van der Waals surface area contributed by atoms with Gasteiger partial charge in [-0.2, -0.15) is 0 Å². The van der Waals surface area contributed by atoms with E-state index in [-0.39, 0.29) is 38.6 Å². The summed E-state index contributed by atoms with van der Waals surface area (Å²) in [6, 6.07) is 0. The molecule has 9 nitrogen and oxygen atoms in total. The molecule has 0 bridgehead atoms. The lowest BCUT2D eigenvalue weighted by molar-refractivity contribution is -0.161. The van der Waals surface area contributed by atoms with Crippen molar-refractivity contribution in [1.82, 2.24) is 0 Å². The number of carbonyl (C=O) groups is 2. The molecule has 0 aromatic carbocycles. The average molecular weight is 744 g/mol. The summed E-state index contributed by atoms with van der Waals surface area (Å²) in [5.41, 5.74) is 5.34. The summed E-state index contributed by atoms with van der Waals surface area (Å²) in [4.78, 5) is 34.8. The number of allylic oxidation sites excluding steroid dienone is 4. The van der Waals surface area contributed by atoms with Crippen LogP contribution in [0.15, 0.2) is 24.3 Å². The van der Waals surface area contributed by atoms with Crippen LogP contribution in [0.4, 0.5) is 0 Å². The number of esters is 2. The van der Waals surface area contributed by atoms with Gasteiger partial charge in [0, 0.05) is 19.4 Å². The molecule has 2 atom stereocenters. The zero-order valence-corrected chi connectivity index (χ0v) is 33.7. The Morgan fingerprint density at radius 3 is 1.53 bits per heavy atom. The molecule has 3 N–H and O–H groups in total. The maximum absolute atomic E-state index is 12.5. The monoisotopic (exact) mass is 744 g/mol. The summed E-state index contributed by atoms with van der Waals surface area (Å²) in [5.74, 6) is -0.860. The van der Waals surface area contributed by atoms with Crippen LogP contribution in [0.2, 0.25) is 0 Å². The molecule has 51 heavy (non-hydrogen) atoms. The van der Waals surface area contributed by atoms with Crippen molar-refractivity contribution in [1.29, 1.82) is 0 Å². The molecule has 0 aliphatic carbocycles. The molecule has 0 saturated heterocycles. The first-order valence-electron chi connectivity index (χ1n) is 20.8. The van der Waals surface area contributed by atoms with Crippen LogP contribution in [0.3, 0.4) is 0 Å². The van der Waals surface area contributed by atoms with E-state index >= 15 is 0 Å². The van der Waals surface area contributed by atoms with Gasteiger partial charge in [0.2, 0.25) is 0 Å². The maximum atomic E-state index is 12.5. The fourth-order valence-electron chi connectivity index (χ4n) is 5.72. The van der Waals surface area contributed by atoms with Crippen molar-refractivity contribution in [2.24, 2.45) is 5.73 Å². The van der Waals surface area contributed by atoms with Crippen LogP contribution >= 0.6 is 7.82 Å². The lowest BCUT2D eigenvalue weighted by Crippen LogP contribution is -2.29. The standard InChI is InChI=1S/C41H78NO8P/c1-3-5-7-9-11-13-15-17-19-21-23-25-27-29-31-33-40(43)47-37-39(38-49-51(45,46)48-36-35-42)50-41(44)34-32-30-28-26-24-22-20-18-16-14-12-10-8-6-4-2/h18,20,24,26,39H,3-17,19,21-23,25,27-38,42H2,1-2H3,(H,45,46)/b20-18+,26-24+/t39-/m1/s1. The molecular formula is C41H78NO8P. The van der Waals surface area contributed by atoms with Crippen LogP contribution in [0.25, 0.3) is 0 Å². The van der Waals surface area contributed by atoms with E-state index in [1.807, 2.05) is 0 Å². The van der Waals surface area contributed by atoms with E-state index in [0.29, 0.717) is 6.42 Å². The molecule has 0 amide bonds. The minimum Gasteiger partial charge on any atom is -0.462 e. The van der Waals surface area contributed by atoms with Crippen molar-refractivity contribution in [2.75, 3.05) is 26.4 Å². The number of phosphoric ester groups is 1. The predicted octanol–water partition coefficient (Wildman–Crippen LogP) is 11.6. The first kappa shape index (κ1) is 49.5. The Balaban J connectivity index is 4.21. The molecule has 0 heterocycles. The molecule has 300 valence electrons. The molecule has 0 aromatic rings. The van der Waals surface area contributed by atoms with Crippen molar-refractivity contribution in [3.05, 3.63) is 24.3 Å². The van der Waals surface area contributed by atoms with Gasteiger partial charge < -0.3 is 20.1 Å². The Hall–Kier alpha value is -1.51. The van der Waals surface area contributed by atoms with E-state index in [2.05, 4.69) is 38.2 Å². The summed E-state index contributed by atoms with van der Waals surface area (Å²) in [7, 11) is -4.38. The van der Waals surface area contributed by atoms with Crippen molar-refractivity contribution in [3.8, 4) is 0 Å². The van der Waals surface area contributed by atoms with Crippen LogP contribution in [0, 0.1) is 0 Å². The average Bonchev–Trinajstić information content (AvgIpc) is 3.11. The quantitative estimate of drug-likeness (QED) is 0.0273. The van der Waals surface area contributed by atoms with Crippen LogP contribution in [0.1, 0.15) is 194 Å². The SMILES string of the molecule is CCCCCCCC/C=C/C/C=C/CCCCC(=O)O[C@H](COC(=O)CCCCCCCCCCCCCCCCC)COP(=O)(O)OCCN. The van der Waals surface area contributed by atoms with E-state index in [1.165, 1.54) is 116 Å². The third-order valence-corrected chi connectivity index (χ3v) is 9.82. The second-order valence-corrected chi connectivity index (χ2v) is 15.3. The molecule has 0 fully saturated rings. The Morgan fingerprint density at radius 2 is 1.02 bits per heavy atom. The highest BCUT2D eigenvalue weighted by atomic mass is 31.2. The topological polar surface area (TPSA) is 134 Å². The minimum absolute atomic E-state index is 0.0500. The van der Waals surface area contributed by atoms with Crippen LogP contribution in [-0.2, 0) is 32.7 Å². The molecule has 0 spiro atoms. The second-order valence-electron chi connectivity index (χ2n) is 13.9. The van der Waals surface area contributed by atoms with E-state index in [9.17, 15) is 19.0 Å². The number of nitrogens with two attached hydrogens (primary N) is 1. The number of phosphoric acid groups is 1. The Labute approximate surface area is 312 Å². The van der Waals surface area contributed by atoms with E-state index < -0.39 is 26.5 Å². The highest BCUT2D eigenvalue weighted by Gasteiger charge is 2.25. The van der Waals surface area contributed by atoms with Crippen LogP contribution in [0.5, 0.6) is 0 Å².